The van der Waals surface area contributed by atoms with Gasteiger partial charge in [-0.15, -0.1) is 0 Å². The SMILES string of the molecule is CCOC(OC)C(=O)[O-].CCOC(OC)C(=O)[O-].CCOC(OC)C(=O)[O-].CCOC(OC)C(=O)[O-].[Ti+4]. The summed E-state index contributed by atoms with van der Waals surface area (Å²) in [6.45, 7) is 7.89. The monoisotopic (exact) mass is 580 g/mol. The summed E-state index contributed by atoms with van der Waals surface area (Å²) >= 11 is 0. The van der Waals surface area contributed by atoms with Gasteiger partial charge in [-0.05, 0) is 27.7 Å². The molecular formula is C20H36O16Ti. The topological polar surface area (TPSA) is 234 Å². The van der Waals surface area contributed by atoms with Gasteiger partial charge in [0.1, 0.15) is 0 Å². The Hall–Kier alpha value is -1.73. The molecule has 0 saturated carbocycles. The summed E-state index contributed by atoms with van der Waals surface area (Å²) in [4.78, 5) is 39.8. The fourth-order valence-corrected chi connectivity index (χ4v) is 1.53. The van der Waals surface area contributed by atoms with Crippen molar-refractivity contribution in [1.29, 1.82) is 0 Å². The molecule has 0 saturated heterocycles. The number of methoxy groups -OCH3 is 4. The molecule has 0 N–H and O–H groups in total. The van der Waals surface area contributed by atoms with E-state index in [0.717, 1.165) is 0 Å². The van der Waals surface area contributed by atoms with Gasteiger partial charge in [-0.3, -0.25) is 0 Å². The quantitative estimate of drug-likeness (QED) is 0.123. The predicted molar refractivity (Wildman–Crippen MR) is 110 cm³/mol. The Kier molecular flexibility index (Phi) is 39.5. The van der Waals surface area contributed by atoms with E-state index in [1.54, 1.807) is 27.7 Å². The Morgan fingerprint density at radius 2 is 0.595 bits per heavy atom. The van der Waals surface area contributed by atoms with Crippen LogP contribution in [0, 0.1) is 0 Å². The van der Waals surface area contributed by atoms with Crippen LogP contribution in [0.15, 0.2) is 0 Å². The van der Waals surface area contributed by atoms with Crippen molar-refractivity contribution in [3.8, 4) is 0 Å². The van der Waals surface area contributed by atoms with Crippen molar-refractivity contribution < 1.29 is 99.2 Å². The number of carboxylic acid groups (broad SMARTS) is 4. The second-order valence-electron chi connectivity index (χ2n) is 5.37. The van der Waals surface area contributed by atoms with Crippen LogP contribution in [0.5, 0.6) is 0 Å². The summed E-state index contributed by atoms with van der Waals surface area (Å²) in [5.74, 6) is -5.39. The molecule has 0 aliphatic carbocycles. The number of carboxylic acids is 4. The van der Waals surface area contributed by atoms with Crippen molar-refractivity contribution >= 4 is 23.9 Å². The van der Waals surface area contributed by atoms with E-state index in [2.05, 4.69) is 37.9 Å². The second-order valence-corrected chi connectivity index (χ2v) is 5.37. The Morgan fingerprint density at radius 3 is 0.622 bits per heavy atom. The van der Waals surface area contributed by atoms with E-state index < -0.39 is 49.0 Å². The largest absolute Gasteiger partial charge is 4.00 e. The minimum Gasteiger partial charge on any atom is -0.545 e. The molecule has 0 radical (unpaired) electrons. The maximum absolute atomic E-state index is 9.96. The van der Waals surface area contributed by atoms with Gasteiger partial charge in [0.25, 0.3) is 0 Å². The summed E-state index contributed by atoms with van der Waals surface area (Å²) in [5, 5.41) is 39.8. The molecule has 0 aliphatic rings. The summed E-state index contributed by atoms with van der Waals surface area (Å²) in [7, 11) is 4.98. The number of carbonyl (C=O) groups is 4. The van der Waals surface area contributed by atoms with E-state index in [-0.39, 0.29) is 21.7 Å². The molecule has 0 rings (SSSR count). The molecule has 0 aliphatic heterocycles. The van der Waals surface area contributed by atoms with Crippen LogP contribution in [0.3, 0.4) is 0 Å². The van der Waals surface area contributed by atoms with Crippen LogP contribution in [0.4, 0.5) is 0 Å². The van der Waals surface area contributed by atoms with Crippen molar-refractivity contribution in [2.75, 3.05) is 54.9 Å². The first-order valence-corrected chi connectivity index (χ1v) is 10.3. The minimum absolute atomic E-state index is 0. The molecule has 0 amide bonds. The molecule has 0 aromatic carbocycles. The maximum Gasteiger partial charge on any atom is 4.00 e. The van der Waals surface area contributed by atoms with Crippen LogP contribution in [0.1, 0.15) is 27.7 Å². The molecular weight excluding hydrogens is 544 g/mol. The summed E-state index contributed by atoms with van der Waals surface area (Å²) in [6, 6.07) is 0. The van der Waals surface area contributed by atoms with Gasteiger partial charge in [-0.2, -0.15) is 0 Å². The molecule has 17 heteroatoms. The van der Waals surface area contributed by atoms with Gasteiger partial charge >= 0.3 is 21.7 Å². The molecule has 0 heterocycles. The molecule has 16 nitrogen and oxygen atoms in total. The van der Waals surface area contributed by atoms with E-state index in [9.17, 15) is 39.6 Å². The van der Waals surface area contributed by atoms with Crippen molar-refractivity contribution in [2.45, 2.75) is 52.9 Å². The van der Waals surface area contributed by atoms with Crippen LogP contribution >= 0.6 is 0 Å². The van der Waals surface area contributed by atoms with E-state index in [0.29, 0.717) is 26.4 Å². The molecule has 0 bridgehead atoms. The third-order valence-corrected chi connectivity index (χ3v) is 2.90. The summed E-state index contributed by atoms with van der Waals surface area (Å²) < 4.78 is 35.7. The minimum atomic E-state index is -1.35. The Balaban J connectivity index is -0.000000122. The van der Waals surface area contributed by atoms with E-state index in [1.165, 1.54) is 28.4 Å². The standard InChI is InChI=1S/4C5H10O4.Ti/c4*1-3-9-5(8-2)4(6)7;/h4*5H,3H2,1-2H3,(H,6,7);/q;;;;+4/p-4. The van der Waals surface area contributed by atoms with Crippen LogP contribution in [-0.4, -0.2) is 104 Å². The van der Waals surface area contributed by atoms with Crippen molar-refractivity contribution in [3.05, 3.63) is 0 Å². The van der Waals surface area contributed by atoms with Gasteiger partial charge in [0.05, 0.1) is 23.9 Å². The van der Waals surface area contributed by atoms with Crippen LogP contribution in [0.25, 0.3) is 0 Å². The van der Waals surface area contributed by atoms with E-state index in [1.807, 2.05) is 0 Å². The van der Waals surface area contributed by atoms with E-state index in [4.69, 9.17) is 0 Å². The van der Waals surface area contributed by atoms with Gasteiger partial charge in [-0.1, -0.05) is 0 Å². The van der Waals surface area contributed by atoms with E-state index >= 15 is 0 Å². The maximum atomic E-state index is 9.96. The Morgan fingerprint density at radius 1 is 0.459 bits per heavy atom. The van der Waals surface area contributed by atoms with Gasteiger partial charge in [-0.25, -0.2) is 0 Å². The first-order chi connectivity index (χ1) is 16.9. The molecule has 0 fully saturated rings. The van der Waals surface area contributed by atoms with Crippen molar-refractivity contribution in [1.82, 2.24) is 0 Å². The molecule has 4 unspecified atom stereocenters. The molecule has 37 heavy (non-hydrogen) atoms. The van der Waals surface area contributed by atoms with Crippen LogP contribution in [-0.2, 0) is 78.8 Å². The fraction of sp³-hybridized carbons (Fsp3) is 0.800. The van der Waals surface area contributed by atoms with Crippen LogP contribution < -0.4 is 20.4 Å². The van der Waals surface area contributed by atoms with Gasteiger partial charge in [0, 0.05) is 54.9 Å². The number of hydrogen-bond donors (Lipinski definition) is 0. The Labute approximate surface area is 230 Å². The molecule has 216 valence electrons. The van der Waals surface area contributed by atoms with Crippen molar-refractivity contribution in [2.24, 2.45) is 0 Å². The number of rotatable bonds is 16. The van der Waals surface area contributed by atoms with Crippen molar-refractivity contribution in [3.63, 3.8) is 0 Å². The first kappa shape index (κ1) is 45.2. The molecule has 4 atom stereocenters. The first-order valence-electron chi connectivity index (χ1n) is 10.3. The number of ether oxygens (including phenoxy) is 8. The molecule has 0 spiro atoms. The summed E-state index contributed by atoms with van der Waals surface area (Å²) in [6.07, 6.45) is -4.91. The zero-order chi connectivity index (χ0) is 29.1. The van der Waals surface area contributed by atoms with Crippen LogP contribution in [0.2, 0.25) is 0 Å². The van der Waals surface area contributed by atoms with Gasteiger partial charge in [0.2, 0.25) is 0 Å². The third-order valence-electron chi connectivity index (χ3n) is 2.90. The smallest absolute Gasteiger partial charge is 0.545 e. The number of carbonyl (C=O) groups excluding carboxylic acids is 4. The Bertz CT molecular complexity index is 466. The molecule has 0 aromatic heterocycles. The zero-order valence-electron chi connectivity index (χ0n) is 22.2. The normalized spacial score (nSPS) is 12.8. The third kappa shape index (κ3) is 30.4. The average Bonchev–Trinajstić information content (AvgIpc) is 2.83. The summed E-state index contributed by atoms with van der Waals surface area (Å²) in [5.41, 5.74) is 0. The van der Waals surface area contributed by atoms with Gasteiger partial charge in [0.15, 0.2) is 25.2 Å². The fourth-order valence-electron chi connectivity index (χ4n) is 1.53. The number of hydrogen-bond acceptors (Lipinski definition) is 16. The van der Waals surface area contributed by atoms with Gasteiger partial charge < -0.3 is 77.5 Å². The predicted octanol–water partition coefficient (Wildman–Crippen LogP) is -5.02. The second kappa shape index (κ2) is 32.3. The number of aliphatic carboxylic acids is 4. The zero-order valence-corrected chi connectivity index (χ0v) is 23.7. The molecule has 0 aromatic rings. The average molecular weight is 580 g/mol.